The van der Waals surface area contributed by atoms with E-state index in [4.69, 9.17) is 14.6 Å². The third-order valence-electron chi connectivity index (χ3n) is 7.95. The maximum Gasteiger partial charge on any atom is 0.274 e. The average Bonchev–Trinajstić information content (AvgIpc) is 3.25. The van der Waals surface area contributed by atoms with Gasteiger partial charge in [-0.05, 0) is 43.6 Å². The second-order valence-corrected chi connectivity index (χ2v) is 10.8. The smallest absolute Gasteiger partial charge is 0.274 e. The van der Waals surface area contributed by atoms with Gasteiger partial charge in [-0.25, -0.2) is 0 Å². The fourth-order valence-electron chi connectivity index (χ4n) is 5.91. The summed E-state index contributed by atoms with van der Waals surface area (Å²) in [7, 11) is 0. The fourth-order valence-corrected chi connectivity index (χ4v) is 5.91. The number of nitrogens with one attached hydrogen (secondary N) is 1. The number of carbonyl (C=O) groups excluding carboxylic acids is 1. The number of hydrogen-bond donors (Lipinski definition) is 1. The van der Waals surface area contributed by atoms with Crippen molar-refractivity contribution in [2.75, 3.05) is 46.1 Å². The van der Waals surface area contributed by atoms with Crippen LogP contribution in [-0.4, -0.2) is 72.7 Å². The zero-order valence-electron chi connectivity index (χ0n) is 21.3. The Hall–Kier alpha value is -2.22. The summed E-state index contributed by atoms with van der Waals surface area (Å²) in [5.41, 5.74) is 4.59. The van der Waals surface area contributed by atoms with Crippen LogP contribution in [-0.2, 0) is 34.3 Å². The van der Waals surface area contributed by atoms with Crippen LogP contribution < -0.4 is 5.32 Å². The lowest BCUT2D eigenvalue weighted by Crippen LogP contribution is -2.47. The molecule has 0 bridgehead atoms. The van der Waals surface area contributed by atoms with E-state index in [1.807, 2.05) is 4.90 Å². The van der Waals surface area contributed by atoms with Crippen LogP contribution in [0.25, 0.3) is 0 Å². The fraction of sp³-hybridized carbons (Fsp3) is 0.643. The average molecular weight is 481 g/mol. The minimum atomic E-state index is 0.0675. The summed E-state index contributed by atoms with van der Waals surface area (Å²) in [5.74, 6) is 0.554. The van der Waals surface area contributed by atoms with E-state index in [0.717, 1.165) is 64.0 Å². The number of amides is 1. The molecule has 0 spiro atoms. The van der Waals surface area contributed by atoms with E-state index in [1.165, 1.54) is 11.3 Å². The summed E-state index contributed by atoms with van der Waals surface area (Å²) >= 11 is 0. The number of rotatable bonds is 7. The Morgan fingerprint density at radius 1 is 1.11 bits per heavy atom. The first-order valence-corrected chi connectivity index (χ1v) is 13.4. The number of carbonyl (C=O) groups is 1. The normalized spacial score (nSPS) is 22.3. The van der Waals surface area contributed by atoms with Crippen LogP contribution in [0.4, 0.5) is 0 Å². The summed E-state index contributed by atoms with van der Waals surface area (Å²) in [6.07, 6.45) is 4.97. The third kappa shape index (κ3) is 5.32. The van der Waals surface area contributed by atoms with Gasteiger partial charge < -0.3 is 19.7 Å². The number of aromatic nitrogens is 2. The number of benzene rings is 1. The van der Waals surface area contributed by atoms with Crippen molar-refractivity contribution >= 4 is 5.91 Å². The predicted octanol–water partition coefficient (Wildman–Crippen LogP) is 3.21. The minimum absolute atomic E-state index is 0.0675. The Kier molecular flexibility index (Phi) is 7.56. The molecule has 1 aliphatic carbocycles. The van der Waals surface area contributed by atoms with E-state index in [0.29, 0.717) is 44.0 Å². The summed E-state index contributed by atoms with van der Waals surface area (Å²) < 4.78 is 13.3. The molecule has 3 heterocycles. The van der Waals surface area contributed by atoms with Crippen molar-refractivity contribution in [1.29, 1.82) is 0 Å². The van der Waals surface area contributed by atoms with Crippen molar-refractivity contribution in [3.05, 3.63) is 52.8 Å². The second-order valence-electron chi connectivity index (χ2n) is 10.8. The molecule has 35 heavy (non-hydrogen) atoms. The van der Waals surface area contributed by atoms with Crippen molar-refractivity contribution in [3.63, 3.8) is 0 Å². The van der Waals surface area contributed by atoms with Crippen LogP contribution in [0, 0.1) is 5.92 Å². The van der Waals surface area contributed by atoms with Crippen molar-refractivity contribution in [2.45, 2.75) is 64.0 Å². The van der Waals surface area contributed by atoms with Crippen LogP contribution in [0.2, 0.25) is 0 Å². The Morgan fingerprint density at radius 2 is 1.83 bits per heavy atom. The lowest BCUT2D eigenvalue weighted by atomic mass is 9.73. The Balaban J connectivity index is 1.35. The quantitative estimate of drug-likeness (QED) is 0.659. The topological polar surface area (TPSA) is 68.6 Å². The van der Waals surface area contributed by atoms with E-state index in [2.05, 4.69) is 54.2 Å². The molecule has 2 fully saturated rings. The highest BCUT2D eigenvalue weighted by molar-refractivity contribution is 5.94. The van der Waals surface area contributed by atoms with Gasteiger partial charge in [-0.2, -0.15) is 5.10 Å². The molecule has 1 unspecified atom stereocenters. The van der Waals surface area contributed by atoms with E-state index < -0.39 is 0 Å². The first-order chi connectivity index (χ1) is 17.1. The monoisotopic (exact) mass is 480 g/mol. The van der Waals surface area contributed by atoms with Gasteiger partial charge in [0.25, 0.3) is 5.91 Å². The molecule has 1 N–H and O–H groups in total. The lowest BCUT2D eigenvalue weighted by Gasteiger charge is -2.39. The molecular formula is C28H40N4O3. The number of nitrogens with zero attached hydrogens (tertiary/aromatic N) is 3. The molecule has 2 saturated heterocycles. The molecule has 1 atom stereocenters. The molecule has 7 nitrogen and oxygen atoms in total. The van der Waals surface area contributed by atoms with E-state index in [1.54, 1.807) is 0 Å². The molecule has 1 aromatic carbocycles. The molecule has 2 aliphatic heterocycles. The van der Waals surface area contributed by atoms with Crippen molar-refractivity contribution < 1.29 is 14.3 Å². The number of morpholine rings is 1. The van der Waals surface area contributed by atoms with E-state index in [9.17, 15) is 4.79 Å². The van der Waals surface area contributed by atoms with Crippen LogP contribution in [0.5, 0.6) is 0 Å². The van der Waals surface area contributed by atoms with Gasteiger partial charge in [0.15, 0.2) is 5.69 Å². The zero-order valence-corrected chi connectivity index (χ0v) is 21.3. The van der Waals surface area contributed by atoms with Gasteiger partial charge in [0.05, 0.1) is 13.2 Å². The molecule has 7 heteroatoms. The molecule has 5 rings (SSSR count). The number of fused-ring (bicyclic) bond motifs is 1. The van der Waals surface area contributed by atoms with Crippen LogP contribution in [0.1, 0.15) is 60.4 Å². The largest absolute Gasteiger partial charge is 0.381 e. The summed E-state index contributed by atoms with van der Waals surface area (Å²) in [6.45, 7) is 10.3. The highest BCUT2D eigenvalue weighted by Gasteiger charge is 2.36. The van der Waals surface area contributed by atoms with Crippen molar-refractivity contribution in [3.8, 4) is 0 Å². The molecule has 0 saturated carbocycles. The molecule has 190 valence electrons. The van der Waals surface area contributed by atoms with Crippen LogP contribution >= 0.6 is 0 Å². The maximum atomic E-state index is 13.5. The number of hydrogen-bond acceptors (Lipinski definition) is 5. The Morgan fingerprint density at radius 3 is 2.54 bits per heavy atom. The van der Waals surface area contributed by atoms with E-state index >= 15 is 0 Å². The highest BCUT2D eigenvalue weighted by atomic mass is 16.5. The molecule has 1 aromatic heterocycles. The SMILES string of the molecule is CC(C)Cn1nc(C(=O)N2CCOCC2)c2c1CCC(NCC1(c3ccccc3)CCOCC1)C2. The van der Waals surface area contributed by atoms with Gasteiger partial charge in [-0.3, -0.25) is 9.48 Å². The zero-order chi connectivity index (χ0) is 24.3. The molecule has 0 radical (unpaired) electrons. The van der Waals surface area contributed by atoms with Gasteiger partial charge in [0.1, 0.15) is 0 Å². The summed E-state index contributed by atoms with van der Waals surface area (Å²) in [6, 6.07) is 11.3. The van der Waals surface area contributed by atoms with Gasteiger partial charge >= 0.3 is 0 Å². The molecular weight excluding hydrogens is 440 g/mol. The Labute approximate surface area is 209 Å². The van der Waals surface area contributed by atoms with Crippen LogP contribution in [0.3, 0.4) is 0 Å². The first-order valence-electron chi connectivity index (χ1n) is 13.4. The molecule has 1 amide bonds. The lowest BCUT2D eigenvalue weighted by molar-refractivity contribution is 0.0297. The standard InChI is InChI=1S/C28H40N4O3/c1-21(2)19-32-25-9-8-23(18-24(25)26(30-32)27(33)31-12-16-35-17-13-31)29-20-28(10-14-34-15-11-28)22-6-4-3-5-7-22/h3-7,21,23,29H,8-20H2,1-2H3. The third-order valence-corrected chi connectivity index (χ3v) is 7.95. The van der Waals surface area contributed by atoms with Gasteiger partial charge in [-0.15, -0.1) is 0 Å². The number of ether oxygens (including phenoxy) is 2. The van der Waals surface area contributed by atoms with Gasteiger partial charge in [0.2, 0.25) is 0 Å². The minimum Gasteiger partial charge on any atom is -0.381 e. The first kappa shape index (κ1) is 24.5. The van der Waals surface area contributed by atoms with Gasteiger partial charge in [-0.1, -0.05) is 44.2 Å². The summed E-state index contributed by atoms with van der Waals surface area (Å²) in [4.78, 5) is 15.4. The highest BCUT2D eigenvalue weighted by Crippen LogP contribution is 2.35. The van der Waals surface area contributed by atoms with Crippen molar-refractivity contribution in [2.24, 2.45) is 5.92 Å². The predicted molar refractivity (Wildman–Crippen MR) is 136 cm³/mol. The van der Waals surface area contributed by atoms with Gasteiger partial charge in [0, 0.05) is 62.1 Å². The van der Waals surface area contributed by atoms with Crippen molar-refractivity contribution in [1.82, 2.24) is 20.0 Å². The molecule has 3 aliphatic rings. The molecule has 2 aromatic rings. The maximum absolute atomic E-state index is 13.5. The Bertz CT molecular complexity index is 991. The summed E-state index contributed by atoms with van der Waals surface area (Å²) in [5, 5.41) is 8.82. The van der Waals surface area contributed by atoms with Crippen LogP contribution in [0.15, 0.2) is 30.3 Å². The second kappa shape index (κ2) is 10.8. The van der Waals surface area contributed by atoms with E-state index in [-0.39, 0.29) is 11.3 Å².